The first-order valence-electron chi connectivity index (χ1n) is 4.44. The molecule has 0 aliphatic heterocycles. The summed E-state index contributed by atoms with van der Waals surface area (Å²) < 4.78 is 2.67. The summed E-state index contributed by atoms with van der Waals surface area (Å²) >= 11 is 3.31. The summed E-state index contributed by atoms with van der Waals surface area (Å²) in [6.07, 6.45) is 3.57. The number of nitriles is 1. The van der Waals surface area contributed by atoms with Crippen molar-refractivity contribution in [3.05, 3.63) is 16.9 Å². The van der Waals surface area contributed by atoms with Crippen molar-refractivity contribution in [2.45, 2.75) is 25.9 Å². The van der Waals surface area contributed by atoms with Crippen LogP contribution in [0.4, 0.5) is 0 Å². The predicted octanol–water partition coefficient (Wildman–Crippen LogP) is 1.54. The maximum Gasteiger partial charge on any atom is 0.123 e. The Kier molecular flexibility index (Phi) is 3.67. The maximum atomic E-state index is 9.02. The Morgan fingerprint density at radius 3 is 2.93 bits per heavy atom. The van der Waals surface area contributed by atoms with Crippen molar-refractivity contribution in [1.82, 2.24) is 15.1 Å². The van der Waals surface area contributed by atoms with Gasteiger partial charge in [0, 0.05) is 6.20 Å². The highest BCUT2D eigenvalue weighted by Gasteiger charge is 2.23. The minimum atomic E-state index is -0.555. The topological polar surface area (TPSA) is 53.6 Å². The molecule has 1 N–H and O–H groups in total. The molecule has 0 bridgehead atoms. The Morgan fingerprint density at radius 2 is 2.50 bits per heavy atom. The van der Waals surface area contributed by atoms with Gasteiger partial charge in [-0.2, -0.15) is 10.4 Å². The van der Waals surface area contributed by atoms with Gasteiger partial charge in [0.1, 0.15) is 5.54 Å². The molecule has 0 saturated heterocycles. The molecule has 0 aliphatic rings. The van der Waals surface area contributed by atoms with E-state index in [9.17, 15) is 0 Å². The largest absolute Gasteiger partial charge is 0.298 e. The molecular formula is C9H13BrN4. The fraction of sp³-hybridized carbons (Fsp3) is 0.556. The second kappa shape index (κ2) is 4.58. The van der Waals surface area contributed by atoms with E-state index in [4.69, 9.17) is 5.26 Å². The minimum absolute atomic E-state index is 0.545. The van der Waals surface area contributed by atoms with Crippen molar-refractivity contribution < 1.29 is 0 Å². The van der Waals surface area contributed by atoms with Crippen molar-refractivity contribution >= 4 is 15.9 Å². The van der Waals surface area contributed by atoms with Gasteiger partial charge in [-0.05, 0) is 29.4 Å². The number of halogens is 1. The van der Waals surface area contributed by atoms with Crippen LogP contribution in [0.3, 0.4) is 0 Å². The molecule has 14 heavy (non-hydrogen) atoms. The molecule has 0 radical (unpaired) electrons. The van der Waals surface area contributed by atoms with Crippen LogP contribution in [0, 0.1) is 11.3 Å². The fourth-order valence-corrected chi connectivity index (χ4v) is 1.60. The molecule has 0 aromatic carbocycles. The standard InChI is InChI=1S/C9H13BrN4/c1-3-12-9(2,6-11)7-14-5-8(10)4-13-14/h4-5,12H,3,7H2,1-2H3. The van der Waals surface area contributed by atoms with Crippen molar-refractivity contribution in [2.24, 2.45) is 0 Å². The molecule has 1 atom stereocenters. The summed E-state index contributed by atoms with van der Waals surface area (Å²) in [7, 11) is 0. The second-order valence-electron chi connectivity index (χ2n) is 3.33. The van der Waals surface area contributed by atoms with E-state index in [-0.39, 0.29) is 0 Å². The lowest BCUT2D eigenvalue weighted by atomic mass is 10.1. The Hall–Kier alpha value is -0.860. The molecule has 1 unspecified atom stereocenters. The SMILES string of the molecule is CCNC(C)(C#N)Cn1cc(Br)cn1. The number of aromatic nitrogens is 2. The van der Waals surface area contributed by atoms with Gasteiger partial charge in [0.2, 0.25) is 0 Å². The zero-order chi connectivity index (χ0) is 10.6. The highest BCUT2D eigenvalue weighted by atomic mass is 79.9. The van der Waals surface area contributed by atoms with Crippen molar-refractivity contribution in [3.63, 3.8) is 0 Å². The van der Waals surface area contributed by atoms with Gasteiger partial charge in [0.25, 0.3) is 0 Å². The van der Waals surface area contributed by atoms with E-state index in [0.29, 0.717) is 6.54 Å². The van der Waals surface area contributed by atoms with E-state index >= 15 is 0 Å². The molecule has 76 valence electrons. The number of hydrogen-bond acceptors (Lipinski definition) is 3. The van der Waals surface area contributed by atoms with Crippen LogP contribution >= 0.6 is 15.9 Å². The Balaban J connectivity index is 2.71. The Labute approximate surface area is 92.0 Å². The van der Waals surface area contributed by atoms with Gasteiger partial charge in [-0.3, -0.25) is 10.00 Å². The molecule has 0 spiro atoms. The average molecular weight is 257 g/mol. The molecular weight excluding hydrogens is 244 g/mol. The van der Waals surface area contributed by atoms with Crippen LogP contribution in [-0.2, 0) is 6.54 Å². The van der Waals surface area contributed by atoms with Gasteiger partial charge >= 0.3 is 0 Å². The number of nitrogens with zero attached hydrogens (tertiary/aromatic N) is 3. The summed E-state index contributed by atoms with van der Waals surface area (Å²) in [5, 5.41) is 16.3. The van der Waals surface area contributed by atoms with Gasteiger partial charge in [-0.25, -0.2) is 0 Å². The molecule has 0 fully saturated rings. The highest BCUT2D eigenvalue weighted by Crippen LogP contribution is 2.10. The summed E-state index contributed by atoms with van der Waals surface area (Å²) in [4.78, 5) is 0. The first kappa shape index (κ1) is 11.2. The van der Waals surface area contributed by atoms with Crippen LogP contribution in [-0.4, -0.2) is 21.9 Å². The maximum absolute atomic E-state index is 9.02. The van der Waals surface area contributed by atoms with Crippen molar-refractivity contribution in [2.75, 3.05) is 6.54 Å². The number of rotatable bonds is 4. The third-order valence-electron chi connectivity index (χ3n) is 1.89. The molecule has 5 heteroatoms. The summed E-state index contributed by atoms with van der Waals surface area (Å²) in [6, 6.07) is 2.25. The van der Waals surface area contributed by atoms with E-state index in [1.54, 1.807) is 10.9 Å². The molecule has 0 amide bonds. The van der Waals surface area contributed by atoms with Gasteiger partial charge in [0.05, 0.1) is 23.3 Å². The minimum Gasteiger partial charge on any atom is -0.298 e. The molecule has 1 aromatic heterocycles. The smallest absolute Gasteiger partial charge is 0.123 e. The van der Waals surface area contributed by atoms with Crippen LogP contribution in [0.5, 0.6) is 0 Å². The van der Waals surface area contributed by atoms with E-state index in [1.807, 2.05) is 20.0 Å². The predicted molar refractivity (Wildman–Crippen MR) is 57.6 cm³/mol. The number of nitrogens with one attached hydrogen (secondary N) is 1. The van der Waals surface area contributed by atoms with Crippen LogP contribution in [0.15, 0.2) is 16.9 Å². The van der Waals surface area contributed by atoms with Crippen LogP contribution in [0.1, 0.15) is 13.8 Å². The normalized spacial score (nSPS) is 14.7. The van der Waals surface area contributed by atoms with E-state index < -0.39 is 5.54 Å². The lowest BCUT2D eigenvalue weighted by Crippen LogP contribution is -2.44. The summed E-state index contributed by atoms with van der Waals surface area (Å²) in [5.74, 6) is 0. The van der Waals surface area contributed by atoms with Gasteiger partial charge in [-0.15, -0.1) is 0 Å². The molecule has 1 rings (SSSR count). The molecule has 0 aliphatic carbocycles. The van der Waals surface area contributed by atoms with Crippen LogP contribution in [0.2, 0.25) is 0 Å². The Bertz CT molecular complexity index is 341. The molecule has 1 heterocycles. The van der Waals surface area contributed by atoms with Gasteiger partial charge in [-0.1, -0.05) is 6.92 Å². The lowest BCUT2D eigenvalue weighted by Gasteiger charge is -2.22. The first-order valence-corrected chi connectivity index (χ1v) is 5.23. The summed E-state index contributed by atoms with van der Waals surface area (Å²) in [5.41, 5.74) is -0.555. The number of hydrogen-bond donors (Lipinski definition) is 1. The summed E-state index contributed by atoms with van der Waals surface area (Å²) in [6.45, 7) is 5.16. The van der Waals surface area contributed by atoms with Gasteiger partial charge in [0.15, 0.2) is 0 Å². The highest BCUT2D eigenvalue weighted by molar-refractivity contribution is 9.10. The van der Waals surface area contributed by atoms with E-state index in [0.717, 1.165) is 11.0 Å². The van der Waals surface area contributed by atoms with Gasteiger partial charge < -0.3 is 0 Å². The monoisotopic (exact) mass is 256 g/mol. The first-order chi connectivity index (χ1) is 6.59. The zero-order valence-corrected chi connectivity index (χ0v) is 9.87. The average Bonchev–Trinajstić information content (AvgIpc) is 2.51. The molecule has 0 saturated carbocycles. The lowest BCUT2D eigenvalue weighted by molar-refractivity contribution is 0.378. The van der Waals surface area contributed by atoms with Crippen LogP contribution in [0.25, 0.3) is 0 Å². The Morgan fingerprint density at radius 1 is 1.79 bits per heavy atom. The van der Waals surface area contributed by atoms with Crippen molar-refractivity contribution in [3.8, 4) is 6.07 Å². The van der Waals surface area contributed by atoms with Crippen LogP contribution < -0.4 is 5.32 Å². The quantitative estimate of drug-likeness (QED) is 0.890. The third-order valence-corrected chi connectivity index (χ3v) is 2.30. The zero-order valence-electron chi connectivity index (χ0n) is 8.29. The fourth-order valence-electron chi connectivity index (χ4n) is 1.27. The van der Waals surface area contributed by atoms with Crippen molar-refractivity contribution in [1.29, 1.82) is 5.26 Å². The molecule has 4 nitrogen and oxygen atoms in total. The third kappa shape index (κ3) is 2.82. The second-order valence-corrected chi connectivity index (χ2v) is 4.25. The molecule has 1 aromatic rings. The van der Waals surface area contributed by atoms with E-state index in [2.05, 4.69) is 32.4 Å². The number of likely N-dealkylation sites (N-methyl/N-ethyl adjacent to an activating group) is 1. The van der Waals surface area contributed by atoms with E-state index in [1.165, 1.54) is 0 Å².